The van der Waals surface area contributed by atoms with Gasteiger partial charge in [-0.05, 0) is 66.7 Å². The van der Waals surface area contributed by atoms with Gasteiger partial charge in [0.1, 0.15) is 5.75 Å². The molecule has 21 heavy (non-hydrogen) atoms. The Bertz CT molecular complexity index is 544. The summed E-state index contributed by atoms with van der Waals surface area (Å²) in [6.07, 6.45) is 1.57. The number of primary amides is 1. The van der Waals surface area contributed by atoms with E-state index in [-0.39, 0.29) is 24.2 Å². The van der Waals surface area contributed by atoms with Crippen LogP contribution in [0.25, 0.3) is 0 Å². The molecular formula is C14H18IN3O3. The highest BCUT2D eigenvalue weighted by molar-refractivity contribution is 14.1. The van der Waals surface area contributed by atoms with Crippen LogP contribution >= 0.6 is 22.6 Å². The zero-order chi connectivity index (χ0) is 15.4. The number of nitrogens with one attached hydrogen (secondary N) is 1. The van der Waals surface area contributed by atoms with Crippen molar-refractivity contribution in [2.24, 2.45) is 5.73 Å². The highest BCUT2D eigenvalue weighted by Gasteiger charge is 2.27. The van der Waals surface area contributed by atoms with Gasteiger partial charge in [-0.2, -0.15) is 0 Å². The van der Waals surface area contributed by atoms with Crippen LogP contribution in [0.4, 0.5) is 0 Å². The number of hydrogen-bond acceptors (Lipinski definition) is 4. The molecule has 6 nitrogen and oxygen atoms in total. The molecule has 114 valence electrons. The Morgan fingerprint density at radius 3 is 2.62 bits per heavy atom. The molecule has 2 amide bonds. The Hall–Kier alpha value is -1.35. The van der Waals surface area contributed by atoms with Gasteiger partial charge in [0, 0.05) is 11.6 Å². The maximum atomic E-state index is 12.6. The van der Waals surface area contributed by atoms with Crippen molar-refractivity contribution in [2.75, 3.05) is 19.6 Å². The van der Waals surface area contributed by atoms with E-state index >= 15 is 0 Å². The number of nitrogens with two attached hydrogens (primary N) is 1. The predicted octanol–water partition coefficient (Wildman–Crippen LogP) is 0.676. The highest BCUT2D eigenvalue weighted by Crippen LogP contribution is 2.23. The third-order valence-electron chi connectivity index (χ3n) is 3.53. The van der Waals surface area contributed by atoms with Gasteiger partial charge in [0.05, 0.1) is 10.1 Å². The fourth-order valence-electron chi connectivity index (χ4n) is 2.46. The Labute approximate surface area is 136 Å². The molecule has 0 bridgehead atoms. The minimum Gasteiger partial charge on any atom is -0.507 e. The molecular weight excluding hydrogens is 385 g/mol. The summed E-state index contributed by atoms with van der Waals surface area (Å²) in [7, 11) is 0. The molecule has 4 N–H and O–H groups in total. The zero-order valence-electron chi connectivity index (χ0n) is 11.5. The summed E-state index contributed by atoms with van der Waals surface area (Å²) < 4.78 is 0.674. The molecule has 1 aromatic carbocycles. The summed E-state index contributed by atoms with van der Waals surface area (Å²) in [5.74, 6) is -0.741. The zero-order valence-corrected chi connectivity index (χ0v) is 13.7. The van der Waals surface area contributed by atoms with E-state index in [1.54, 1.807) is 12.1 Å². The SMILES string of the molecule is NC(=O)CN(C(=O)c1ccc(I)c(O)c1)C1CCNCC1. The van der Waals surface area contributed by atoms with E-state index in [0.29, 0.717) is 9.13 Å². The van der Waals surface area contributed by atoms with Gasteiger partial charge < -0.3 is 21.1 Å². The van der Waals surface area contributed by atoms with Crippen LogP contribution in [0.15, 0.2) is 18.2 Å². The van der Waals surface area contributed by atoms with Crippen LogP contribution in [0.1, 0.15) is 23.2 Å². The van der Waals surface area contributed by atoms with E-state index in [1.807, 2.05) is 22.6 Å². The van der Waals surface area contributed by atoms with Gasteiger partial charge >= 0.3 is 0 Å². The van der Waals surface area contributed by atoms with Crippen molar-refractivity contribution in [1.82, 2.24) is 10.2 Å². The van der Waals surface area contributed by atoms with Gasteiger partial charge in [-0.15, -0.1) is 0 Å². The second kappa shape index (κ2) is 7.08. The average Bonchev–Trinajstić information content (AvgIpc) is 2.47. The lowest BCUT2D eigenvalue weighted by molar-refractivity contribution is -0.119. The van der Waals surface area contributed by atoms with Crippen molar-refractivity contribution in [3.8, 4) is 5.75 Å². The summed E-state index contributed by atoms with van der Waals surface area (Å²) >= 11 is 1.99. The van der Waals surface area contributed by atoms with Crippen LogP contribution < -0.4 is 11.1 Å². The minimum atomic E-state index is -0.531. The van der Waals surface area contributed by atoms with Gasteiger partial charge in [0.25, 0.3) is 5.91 Å². The molecule has 0 aromatic heterocycles. The van der Waals surface area contributed by atoms with E-state index in [0.717, 1.165) is 25.9 Å². The summed E-state index contributed by atoms with van der Waals surface area (Å²) in [5.41, 5.74) is 5.64. The number of carbonyl (C=O) groups is 2. The largest absolute Gasteiger partial charge is 0.507 e. The molecule has 0 atom stereocenters. The van der Waals surface area contributed by atoms with Gasteiger partial charge in [-0.3, -0.25) is 9.59 Å². The number of aromatic hydroxyl groups is 1. The second-order valence-electron chi connectivity index (χ2n) is 5.05. The standard InChI is InChI=1S/C14H18IN3O3/c15-11-2-1-9(7-12(11)19)14(21)18(8-13(16)20)10-3-5-17-6-4-10/h1-2,7,10,17,19H,3-6,8H2,(H2,16,20). The number of nitrogens with zero attached hydrogens (tertiary/aromatic N) is 1. The Balaban J connectivity index is 2.23. The van der Waals surface area contributed by atoms with Crippen molar-refractivity contribution in [1.29, 1.82) is 0 Å². The molecule has 2 rings (SSSR count). The smallest absolute Gasteiger partial charge is 0.254 e. The topological polar surface area (TPSA) is 95.7 Å². The van der Waals surface area contributed by atoms with Crippen LogP contribution in [0, 0.1) is 3.57 Å². The lowest BCUT2D eigenvalue weighted by atomic mass is 10.0. The van der Waals surface area contributed by atoms with Crippen molar-refractivity contribution >= 4 is 34.4 Å². The fourth-order valence-corrected chi connectivity index (χ4v) is 2.80. The first kappa shape index (κ1) is 16.0. The van der Waals surface area contributed by atoms with E-state index < -0.39 is 5.91 Å². The number of benzene rings is 1. The van der Waals surface area contributed by atoms with Crippen molar-refractivity contribution < 1.29 is 14.7 Å². The molecule has 0 saturated carbocycles. The second-order valence-corrected chi connectivity index (χ2v) is 6.21. The Morgan fingerprint density at radius 2 is 2.05 bits per heavy atom. The van der Waals surface area contributed by atoms with Crippen LogP contribution in [0.3, 0.4) is 0 Å². The van der Waals surface area contributed by atoms with Gasteiger partial charge in [-0.25, -0.2) is 0 Å². The Kier molecular flexibility index (Phi) is 5.40. The number of phenols is 1. The monoisotopic (exact) mass is 403 g/mol. The van der Waals surface area contributed by atoms with Gasteiger partial charge in [0.2, 0.25) is 5.91 Å². The predicted molar refractivity (Wildman–Crippen MR) is 86.9 cm³/mol. The molecule has 1 fully saturated rings. The first-order chi connectivity index (χ1) is 9.99. The summed E-state index contributed by atoms with van der Waals surface area (Å²) in [6.45, 7) is 1.52. The highest BCUT2D eigenvalue weighted by atomic mass is 127. The van der Waals surface area contributed by atoms with Crippen LogP contribution in [-0.4, -0.2) is 47.5 Å². The quantitative estimate of drug-likeness (QED) is 0.645. The van der Waals surface area contributed by atoms with Gasteiger partial charge in [0.15, 0.2) is 0 Å². The van der Waals surface area contributed by atoms with E-state index in [2.05, 4.69) is 5.32 Å². The molecule has 0 unspecified atom stereocenters. The fraction of sp³-hybridized carbons (Fsp3) is 0.429. The molecule has 1 aliphatic rings. The van der Waals surface area contributed by atoms with Crippen molar-refractivity contribution in [3.05, 3.63) is 27.3 Å². The number of piperidine rings is 1. The molecule has 0 aliphatic carbocycles. The van der Waals surface area contributed by atoms with Crippen LogP contribution in [-0.2, 0) is 4.79 Å². The third-order valence-corrected chi connectivity index (χ3v) is 4.44. The van der Waals surface area contributed by atoms with Crippen molar-refractivity contribution in [2.45, 2.75) is 18.9 Å². The van der Waals surface area contributed by atoms with Crippen molar-refractivity contribution in [3.63, 3.8) is 0 Å². The number of phenolic OH excluding ortho intramolecular Hbond substituents is 1. The molecule has 0 spiro atoms. The summed E-state index contributed by atoms with van der Waals surface area (Å²) in [6, 6.07) is 4.75. The van der Waals surface area contributed by atoms with E-state index in [1.165, 1.54) is 11.0 Å². The van der Waals surface area contributed by atoms with Gasteiger partial charge in [-0.1, -0.05) is 0 Å². The number of halogens is 1. The van der Waals surface area contributed by atoms with E-state index in [9.17, 15) is 14.7 Å². The molecule has 7 heteroatoms. The van der Waals surface area contributed by atoms with Crippen LogP contribution in [0.5, 0.6) is 5.75 Å². The first-order valence-corrected chi connectivity index (χ1v) is 7.85. The summed E-state index contributed by atoms with van der Waals surface area (Å²) in [5, 5.41) is 13.0. The molecule has 0 radical (unpaired) electrons. The maximum Gasteiger partial charge on any atom is 0.254 e. The number of carbonyl (C=O) groups excluding carboxylic acids is 2. The molecule has 1 aromatic rings. The minimum absolute atomic E-state index is 0.00679. The molecule has 1 saturated heterocycles. The average molecular weight is 403 g/mol. The summed E-state index contributed by atoms with van der Waals surface area (Å²) in [4.78, 5) is 25.4. The lowest BCUT2D eigenvalue weighted by Gasteiger charge is -2.34. The number of hydrogen-bond donors (Lipinski definition) is 3. The van der Waals surface area contributed by atoms with E-state index in [4.69, 9.17) is 5.73 Å². The number of rotatable bonds is 4. The lowest BCUT2D eigenvalue weighted by Crippen LogP contribution is -2.49. The Morgan fingerprint density at radius 1 is 1.38 bits per heavy atom. The first-order valence-electron chi connectivity index (χ1n) is 6.77. The number of amides is 2. The molecule has 1 aliphatic heterocycles. The third kappa shape index (κ3) is 4.07. The maximum absolute atomic E-state index is 12.6. The normalized spacial score (nSPS) is 15.7. The van der Waals surface area contributed by atoms with Crippen LogP contribution in [0.2, 0.25) is 0 Å². The molecule has 1 heterocycles.